The molecule has 1 heterocycles. The Hall–Kier alpha value is -3.05. The first-order valence-corrected chi connectivity index (χ1v) is 7.56. The zero-order valence-corrected chi connectivity index (χ0v) is 14.5. The van der Waals surface area contributed by atoms with Crippen LogP contribution in [-0.2, 0) is 14.3 Å². The van der Waals surface area contributed by atoms with Crippen LogP contribution in [0.4, 0.5) is 0 Å². The Kier molecular flexibility index (Phi) is 5.98. The van der Waals surface area contributed by atoms with E-state index in [2.05, 4.69) is 16.0 Å². The van der Waals surface area contributed by atoms with Crippen molar-refractivity contribution < 1.29 is 23.8 Å². The molecular formula is C17H16N2O5S. The number of hydrogen-bond acceptors (Lipinski definition) is 6. The monoisotopic (exact) mass is 360 g/mol. The lowest BCUT2D eigenvalue weighted by molar-refractivity contribution is -0.143. The van der Waals surface area contributed by atoms with E-state index in [0.717, 1.165) is 4.90 Å². The topological polar surface area (TPSA) is 77.1 Å². The second-order valence-corrected chi connectivity index (χ2v) is 5.25. The summed E-state index contributed by atoms with van der Waals surface area (Å²) in [6.07, 6.45) is 6.77. The van der Waals surface area contributed by atoms with Crippen LogP contribution in [-0.4, -0.2) is 49.3 Å². The second kappa shape index (κ2) is 8.17. The van der Waals surface area contributed by atoms with Crippen LogP contribution in [0.5, 0.6) is 11.5 Å². The van der Waals surface area contributed by atoms with Crippen molar-refractivity contribution in [2.75, 3.05) is 27.4 Å². The highest BCUT2D eigenvalue weighted by Gasteiger charge is 2.32. The van der Waals surface area contributed by atoms with Gasteiger partial charge in [0.15, 0.2) is 16.6 Å². The number of amides is 1. The van der Waals surface area contributed by atoms with Gasteiger partial charge < -0.3 is 19.5 Å². The zero-order chi connectivity index (χ0) is 18.4. The number of esters is 1. The highest BCUT2D eigenvalue weighted by molar-refractivity contribution is 7.80. The zero-order valence-electron chi connectivity index (χ0n) is 13.7. The molecule has 1 aromatic rings. The lowest BCUT2D eigenvalue weighted by Crippen LogP contribution is -2.35. The summed E-state index contributed by atoms with van der Waals surface area (Å²) >= 11 is 5.08. The summed E-state index contributed by atoms with van der Waals surface area (Å²) in [5.41, 5.74) is 0.928. The number of nitrogens with one attached hydrogen (secondary N) is 1. The van der Waals surface area contributed by atoms with E-state index in [1.165, 1.54) is 14.2 Å². The number of methoxy groups -OCH3 is 2. The van der Waals surface area contributed by atoms with Gasteiger partial charge in [-0.2, -0.15) is 0 Å². The van der Waals surface area contributed by atoms with E-state index in [1.54, 1.807) is 24.3 Å². The van der Waals surface area contributed by atoms with Gasteiger partial charge in [-0.3, -0.25) is 14.5 Å². The molecule has 7 nitrogen and oxygen atoms in total. The quantitative estimate of drug-likeness (QED) is 0.350. The summed E-state index contributed by atoms with van der Waals surface area (Å²) in [7, 11) is 2.74. The van der Waals surface area contributed by atoms with Gasteiger partial charge in [0, 0.05) is 0 Å². The van der Waals surface area contributed by atoms with Crippen LogP contribution in [0.2, 0.25) is 0 Å². The fourth-order valence-corrected chi connectivity index (χ4v) is 2.35. The highest BCUT2D eigenvalue weighted by Crippen LogP contribution is 2.29. The van der Waals surface area contributed by atoms with Crippen LogP contribution in [0.1, 0.15) is 5.56 Å². The third kappa shape index (κ3) is 4.28. The molecule has 0 spiro atoms. The molecule has 0 radical (unpaired) electrons. The number of carbonyl (C=O) groups excluding carboxylic acids is 2. The maximum absolute atomic E-state index is 12.4. The summed E-state index contributed by atoms with van der Waals surface area (Å²) in [6, 6.07) is 5.12. The molecule has 130 valence electrons. The van der Waals surface area contributed by atoms with Gasteiger partial charge >= 0.3 is 5.97 Å². The van der Waals surface area contributed by atoms with E-state index in [9.17, 15) is 9.59 Å². The van der Waals surface area contributed by atoms with Crippen molar-refractivity contribution in [3.8, 4) is 23.8 Å². The summed E-state index contributed by atoms with van der Waals surface area (Å²) < 4.78 is 15.2. The van der Waals surface area contributed by atoms with E-state index in [-0.39, 0.29) is 24.0 Å². The third-order valence-electron chi connectivity index (χ3n) is 3.29. The molecule has 1 aliphatic heterocycles. The fraction of sp³-hybridized carbons (Fsp3) is 0.235. The maximum Gasteiger partial charge on any atom is 0.325 e. The molecule has 0 saturated carbocycles. The number of nitrogens with zero attached hydrogens (tertiary/aromatic N) is 1. The van der Waals surface area contributed by atoms with Crippen molar-refractivity contribution in [2.24, 2.45) is 0 Å². The average Bonchev–Trinajstić information content (AvgIpc) is 2.87. The van der Waals surface area contributed by atoms with Gasteiger partial charge in [0.05, 0.1) is 14.2 Å². The van der Waals surface area contributed by atoms with E-state index in [1.807, 2.05) is 0 Å². The van der Waals surface area contributed by atoms with Crippen molar-refractivity contribution in [3.63, 3.8) is 0 Å². The molecule has 0 bridgehead atoms. The van der Waals surface area contributed by atoms with Crippen LogP contribution in [0, 0.1) is 12.3 Å². The number of rotatable bonds is 6. The van der Waals surface area contributed by atoms with Crippen molar-refractivity contribution in [3.05, 3.63) is 29.5 Å². The van der Waals surface area contributed by atoms with Gasteiger partial charge in [-0.1, -0.05) is 12.0 Å². The Balaban J connectivity index is 2.23. The SMILES string of the molecule is C#CCOc1ccc(/C=C2\NC(=S)N(CC(=O)OC)C2=O)cc1OC. The summed E-state index contributed by atoms with van der Waals surface area (Å²) in [6.45, 7) is -0.131. The summed E-state index contributed by atoms with van der Waals surface area (Å²) in [5, 5.41) is 2.92. The fourth-order valence-electron chi connectivity index (χ4n) is 2.09. The molecule has 1 fully saturated rings. The molecular weight excluding hydrogens is 344 g/mol. The average molecular weight is 360 g/mol. The molecule has 1 N–H and O–H groups in total. The van der Waals surface area contributed by atoms with E-state index in [0.29, 0.717) is 17.1 Å². The predicted molar refractivity (Wildman–Crippen MR) is 94.8 cm³/mol. The van der Waals surface area contributed by atoms with E-state index >= 15 is 0 Å². The minimum atomic E-state index is -0.560. The lowest BCUT2D eigenvalue weighted by Gasteiger charge is -2.11. The largest absolute Gasteiger partial charge is 0.493 e. The van der Waals surface area contributed by atoms with Gasteiger partial charge in [0.2, 0.25) is 0 Å². The van der Waals surface area contributed by atoms with Crippen molar-refractivity contribution in [1.29, 1.82) is 0 Å². The number of carbonyl (C=O) groups is 2. The molecule has 1 saturated heterocycles. The molecule has 0 aliphatic carbocycles. The van der Waals surface area contributed by atoms with E-state index in [4.69, 9.17) is 28.1 Å². The first-order chi connectivity index (χ1) is 12.0. The summed E-state index contributed by atoms with van der Waals surface area (Å²) in [4.78, 5) is 24.9. The number of hydrogen-bond donors (Lipinski definition) is 1. The Labute approximate surface area is 150 Å². The maximum atomic E-state index is 12.4. The normalized spacial score (nSPS) is 14.9. The predicted octanol–water partition coefficient (Wildman–Crippen LogP) is 0.938. The molecule has 0 unspecified atom stereocenters. The van der Waals surface area contributed by atoms with Gasteiger partial charge in [0.25, 0.3) is 5.91 Å². The van der Waals surface area contributed by atoms with Crippen molar-refractivity contribution >= 4 is 35.3 Å². The molecule has 2 rings (SSSR count). The molecule has 25 heavy (non-hydrogen) atoms. The molecule has 1 amide bonds. The van der Waals surface area contributed by atoms with Crippen LogP contribution in [0.25, 0.3) is 6.08 Å². The second-order valence-electron chi connectivity index (χ2n) is 4.86. The number of thiocarbonyl (C=S) groups is 1. The van der Waals surface area contributed by atoms with Crippen LogP contribution >= 0.6 is 12.2 Å². The number of ether oxygens (including phenoxy) is 3. The minimum absolute atomic E-state index is 0.119. The first-order valence-electron chi connectivity index (χ1n) is 7.15. The van der Waals surface area contributed by atoms with Crippen LogP contribution < -0.4 is 14.8 Å². The Morgan fingerprint density at radius 2 is 2.16 bits per heavy atom. The lowest BCUT2D eigenvalue weighted by atomic mass is 10.1. The third-order valence-corrected chi connectivity index (χ3v) is 3.61. The number of benzene rings is 1. The smallest absolute Gasteiger partial charge is 0.325 e. The van der Waals surface area contributed by atoms with Crippen LogP contribution in [0.3, 0.4) is 0 Å². The molecule has 1 aromatic carbocycles. The minimum Gasteiger partial charge on any atom is -0.493 e. The van der Waals surface area contributed by atoms with Gasteiger partial charge in [-0.25, -0.2) is 0 Å². The van der Waals surface area contributed by atoms with Crippen molar-refractivity contribution in [2.45, 2.75) is 0 Å². The standard InChI is InChI=1S/C17H16N2O5S/c1-4-7-24-13-6-5-11(9-14(13)22-2)8-12-16(21)19(17(25)18-12)10-15(20)23-3/h1,5-6,8-9H,7,10H2,2-3H3,(H,18,25)/b12-8-. The highest BCUT2D eigenvalue weighted by atomic mass is 32.1. The Morgan fingerprint density at radius 1 is 1.40 bits per heavy atom. The first kappa shape index (κ1) is 18.3. The molecule has 8 heteroatoms. The van der Waals surface area contributed by atoms with Gasteiger partial charge in [-0.05, 0) is 36.0 Å². The molecule has 0 aromatic heterocycles. The number of terminal acetylenes is 1. The van der Waals surface area contributed by atoms with Gasteiger partial charge in [0.1, 0.15) is 18.8 Å². The Morgan fingerprint density at radius 3 is 2.80 bits per heavy atom. The van der Waals surface area contributed by atoms with E-state index < -0.39 is 11.9 Å². The molecule has 0 atom stereocenters. The van der Waals surface area contributed by atoms with Crippen LogP contribution in [0.15, 0.2) is 23.9 Å². The molecule has 1 aliphatic rings. The summed E-state index contributed by atoms with van der Waals surface area (Å²) in [5.74, 6) is 2.37. The van der Waals surface area contributed by atoms with Gasteiger partial charge in [-0.15, -0.1) is 6.42 Å². The van der Waals surface area contributed by atoms with Crippen molar-refractivity contribution in [1.82, 2.24) is 10.2 Å². The Bertz CT molecular complexity index is 782.